The zero-order chi connectivity index (χ0) is 15.0. The first-order valence-electron chi connectivity index (χ1n) is 7.68. The highest BCUT2D eigenvalue weighted by Gasteiger charge is 2.10. The number of ether oxygens (including phenoxy) is 1. The summed E-state index contributed by atoms with van der Waals surface area (Å²) in [5, 5.41) is 9.19. The fraction of sp³-hybridized carbons (Fsp3) is 0.647. The molecule has 0 saturated carbocycles. The Morgan fingerprint density at radius 2 is 2.05 bits per heavy atom. The highest BCUT2D eigenvalue weighted by Crippen LogP contribution is 2.28. The lowest BCUT2D eigenvalue weighted by atomic mass is 9.95. The van der Waals surface area contributed by atoms with Gasteiger partial charge in [0.2, 0.25) is 0 Å². The molecule has 0 spiro atoms. The maximum absolute atomic E-state index is 9.19. The minimum Gasteiger partial charge on any atom is -0.493 e. The summed E-state index contributed by atoms with van der Waals surface area (Å²) in [6.07, 6.45) is 2.91. The van der Waals surface area contributed by atoms with Gasteiger partial charge in [-0.05, 0) is 54.8 Å². The van der Waals surface area contributed by atoms with Crippen molar-refractivity contribution in [3.8, 4) is 5.75 Å². The zero-order valence-corrected chi connectivity index (χ0v) is 13.1. The lowest BCUT2D eigenvalue weighted by molar-refractivity contribution is 0.223. The van der Waals surface area contributed by atoms with Crippen LogP contribution in [0.25, 0.3) is 0 Å². The Kier molecular flexibility index (Phi) is 7.63. The van der Waals surface area contributed by atoms with Crippen LogP contribution in [0.3, 0.4) is 0 Å². The van der Waals surface area contributed by atoms with E-state index in [4.69, 9.17) is 10.5 Å². The summed E-state index contributed by atoms with van der Waals surface area (Å²) in [5.41, 5.74) is 8.19. The second-order valence-corrected chi connectivity index (χ2v) is 5.70. The predicted molar refractivity (Wildman–Crippen MR) is 84.3 cm³/mol. The molecule has 1 rings (SSSR count). The molecule has 0 amide bonds. The van der Waals surface area contributed by atoms with E-state index in [1.807, 2.05) is 0 Å². The SMILES string of the molecule is CCCOc1ccc(CCC(CN)CO)cc1C(C)C. The third-order valence-corrected chi connectivity index (χ3v) is 3.59. The minimum atomic E-state index is 0.172. The highest BCUT2D eigenvalue weighted by molar-refractivity contribution is 5.39. The van der Waals surface area contributed by atoms with Crippen LogP contribution < -0.4 is 10.5 Å². The first kappa shape index (κ1) is 17.0. The van der Waals surface area contributed by atoms with Gasteiger partial charge in [-0.1, -0.05) is 32.9 Å². The van der Waals surface area contributed by atoms with Crippen LogP contribution in [0, 0.1) is 5.92 Å². The number of hydrogen-bond acceptors (Lipinski definition) is 3. The predicted octanol–water partition coefficient (Wildman–Crippen LogP) is 3.10. The molecule has 0 aromatic heterocycles. The molecule has 1 atom stereocenters. The quantitative estimate of drug-likeness (QED) is 0.730. The molecule has 3 heteroatoms. The van der Waals surface area contributed by atoms with Gasteiger partial charge in [-0.2, -0.15) is 0 Å². The van der Waals surface area contributed by atoms with Crippen molar-refractivity contribution in [2.24, 2.45) is 11.7 Å². The molecule has 0 radical (unpaired) electrons. The Labute approximate surface area is 123 Å². The molecule has 3 N–H and O–H groups in total. The average molecular weight is 279 g/mol. The fourth-order valence-electron chi connectivity index (χ4n) is 2.20. The lowest BCUT2D eigenvalue weighted by Crippen LogP contribution is -2.18. The lowest BCUT2D eigenvalue weighted by Gasteiger charge is -2.16. The first-order valence-corrected chi connectivity index (χ1v) is 7.68. The number of hydrogen-bond donors (Lipinski definition) is 2. The van der Waals surface area contributed by atoms with Crippen LogP contribution in [0.4, 0.5) is 0 Å². The van der Waals surface area contributed by atoms with Crippen LogP contribution in [0.2, 0.25) is 0 Å². The number of nitrogens with two attached hydrogens (primary N) is 1. The van der Waals surface area contributed by atoms with E-state index in [1.54, 1.807) is 0 Å². The highest BCUT2D eigenvalue weighted by atomic mass is 16.5. The summed E-state index contributed by atoms with van der Waals surface area (Å²) >= 11 is 0. The number of aryl methyl sites for hydroxylation is 1. The van der Waals surface area contributed by atoms with Crippen molar-refractivity contribution in [3.05, 3.63) is 29.3 Å². The summed E-state index contributed by atoms with van der Waals surface area (Å²) in [4.78, 5) is 0. The van der Waals surface area contributed by atoms with Gasteiger partial charge in [0.05, 0.1) is 6.61 Å². The van der Waals surface area contributed by atoms with E-state index in [0.29, 0.717) is 12.5 Å². The molecule has 0 bridgehead atoms. The van der Waals surface area contributed by atoms with Gasteiger partial charge >= 0.3 is 0 Å². The number of benzene rings is 1. The maximum Gasteiger partial charge on any atom is 0.122 e. The smallest absolute Gasteiger partial charge is 0.122 e. The van der Waals surface area contributed by atoms with Crippen LogP contribution in [0.15, 0.2) is 18.2 Å². The third-order valence-electron chi connectivity index (χ3n) is 3.59. The molecule has 0 aliphatic heterocycles. The molecular weight excluding hydrogens is 250 g/mol. The fourth-order valence-corrected chi connectivity index (χ4v) is 2.20. The average Bonchev–Trinajstić information content (AvgIpc) is 2.46. The van der Waals surface area contributed by atoms with Gasteiger partial charge in [-0.15, -0.1) is 0 Å². The summed E-state index contributed by atoms with van der Waals surface area (Å²) in [6.45, 7) is 7.98. The Hall–Kier alpha value is -1.06. The first-order chi connectivity index (χ1) is 9.62. The van der Waals surface area contributed by atoms with E-state index in [-0.39, 0.29) is 12.5 Å². The molecule has 0 aliphatic rings. The van der Waals surface area contributed by atoms with Crippen LogP contribution in [0.5, 0.6) is 5.75 Å². The second kappa shape index (κ2) is 8.98. The molecule has 1 aromatic rings. The monoisotopic (exact) mass is 279 g/mol. The minimum absolute atomic E-state index is 0.172. The van der Waals surface area contributed by atoms with Crippen LogP contribution >= 0.6 is 0 Å². The van der Waals surface area contributed by atoms with Crippen molar-refractivity contribution >= 4 is 0 Å². The molecule has 0 aliphatic carbocycles. The van der Waals surface area contributed by atoms with Gasteiger partial charge < -0.3 is 15.6 Å². The van der Waals surface area contributed by atoms with Crippen LogP contribution in [0.1, 0.15) is 50.7 Å². The molecular formula is C17H29NO2. The van der Waals surface area contributed by atoms with Crippen LogP contribution in [-0.2, 0) is 6.42 Å². The van der Waals surface area contributed by atoms with E-state index >= 15 is 0 Å². The van der Waals surface area contributed by atoms with E-state index < -0.39 is 0 Å². The van der Waals surface area contributed by atoms with E-state index in [1.165, 1.54) is 11.1 Å². The summed E-state index contributed by atoms with van der Waals surface area (Å²) < 4.78 is 5.81. The largest absolute Gasteiger partial charge is 0.493 e. The van der Waals surface area contributed by atoms with Gasteiger partial charge in [0, 0.05) is 6.61 Å². The van der Waals surface area contributed by atoms with E-state index in [2.05, 4.69) is 39.0 Å². The normalized spacial score (nSPS) is 12.7. The number of rotatable bonds is 9. The number of aliphatic hydroxyl groups is 1. The van der Waals surface area contributed by atoms with Crippen LogP contribution in [-0.4, -0.2) is 24.9 Å². The van der Waals surface area contributed by atoms with Crippen molar-refractivity contribution < 1.29 is 9.84 Å². The molecule has 0 saturated heterocycles. The van der Waals surface area contributed by atoms with Gasteiger partial charge in [0.15, 0.2) is 0 Å². The van der Waals surface area contributed by atoms with Crippen molar-refractivity contribution in [3.63, 3.8) is 0 Å². The standard InChI is InChI=1S/C17H29NO2/c1-4-9-20-17-8-7-14(10-16(17)13(2)3)5-6-15(11-18)12-19/h7-8,10,13,15,19H,4-6,9,11-12,18H2,1-3H3. The summed E-state index contributed by atoms with van der Waals surface area (Å²) in [7, 11) is 0. The van der Waals surface area contributed by atoms with Gasteiger partial charge in [0.1, 0.15) is 5.75 Å². The van der Waals surface area contributed by atoms with Crippen molar-refractivity contribution in [2.45, 2.75) is 46.0 Å². The maximum atomic E-state index is 9.19. The molecule has 0 heterocycles. The molecule has 114 valence electrons. The van der Waals surface area contributed by atoms with Gasteiger partial charge in [0.25, 0.3) is 0 Å². The van der Waals surface area contributed by atoms with E-state index in [9.17, 15) is 5.11 Å². The Morgan fingerprint density at radius 1 is 1.30 bits per heavy atom. The Bertz CT molecular complexity index is 387. The zero-order valence-electron chi connectivity index (χ0n) is 13.1. The molecule has 3 nitrogen and oxygen atoms in total. The van der Waals surface area contributed by atoms with Gasteiger partial charge in [-0.25, -0.2) is 0 Å². The second-order valence-electron chi connectivity index (χ2n) is 5.70. The Morgan fingerprint density at radius 3 is 2.60 bits per heavy atom. The number of aliphatic hydroxyl groups excluding tert-OH is 1. The topological polar surface area (TPSA) is 55.5 Å². The van der Waals surface area contributed by atoms with Crippen molar-refractivity contribution in [2.75, 3.05) is 19.8 Å². The van der Waals surface area contributed by atoms with E-state index in [0.717, 1.165) is 31.6 Å². The molecule has 1 unspecified atom stereocenters. The van der Waals surface area contributed by atoms with Crippen molar-refractivity contribution in [1.82, 2.24) is 0 Å². The Balaban J connectivity index is 2.76. The van der Waals surface area contributed by atoms with Crippen molar-refractivity contribution in [1.29, 1.82) is 0 Å². The molecule has 1 aromatic carbocycles. The summed E-state index contributed by atoms with van der Waals surface area (Å²) in [6, 6.07) is 6.44. The molecule has 20 heavy (non-hydrogen) atoms. The summed E-state index contributed by atoms with van der Waals surface area (Å²) in [5.74, 6) is 1.65. The van der Waals surface area contributed by atoms with Gasteiger partial charge in [-0.3, -0.25) is 0 Å². The molecule has 0 fully saturated rings. The third kappa shape index (κ3) is 5.14.